The number of ether oxygens (including phenoxy) is 1. The van der Waals surface area contributed by atoms with Crippen molar-refractivity contribution in [2.24, 2.45) is 0 Å². The van der Waals surface area contributed by atoms with Crippen molar-refractivity contribution in [1.29, 1.82) is 0 Å². The molecule has 9 nitrogen and oxygen atoms in total. The number of rotatable bonds is 9. The lowest BCUT2D eigenvalue weighted by Crippen LogP contribution is -2.53. The summed E-state index contributed by atoms with van der Waals surface area (Å²) in [5, 5.41) is 14.2. The number of carbonyl (C=O) groups is 3. The van der Waals surface area contributed by atoms with Crippen LogP contribution >= 0.6 is 0 Å². The van der Waals surface area contributed by atoms with Gasteiger partial charge in [-0.25, -0.2) is 18.0 Å². The zero-order valence-corrected chi connectivity index (χ0v) is 19.4. The van der Waals surface area contributed by atoms with E-state index in [9.17, 15) is 27.9 Å². The van der Waals surface area contributed by atoms with Crippen LogP contribution in [0.1, 0.15) is 36.3 Å². The van der Waals surface area contributed by atoms with Gasteiger partial charge in [-0.1, -0.05) is 48.5 Å². The summed E-state index contributed by atoms with van der Waals surface area (Å²) in [5.41, 5.74) is 2.84. The third kappa shape index (κ3) is 5.06. The first-order valence-corrected chi connectivity index (χ1v) is 13.0. The first-order chi connectivity index (χ1) is 16.1. The molecular formula is C24H26N2O7S. The number of carbonyl (C=O) groups excluding carboxylic acids is 2. The molecule has 0 bridgehead atoms. The number of benzene rings is 2. The Balaban J connectivity index is 1.43. The van der Waals surface area contributed by atoms with Gasteiger partial charge in [0.15, 0.2) is 0 Å². The van der Waals surface area contributed by atoms with Gasteiger partial charge in [-0.15, -0.1) is 0 Å². The molecule has 2 aliphatic rings. The minimum absolute atomic E-state index is 0.0271. The molecule has 0 aliphatic heterocycles. The van der Waals surface area contributed by atoms with Gasteiger partial charge < -0.3 is 20.5 Å². The van der Waals surface area contributed by atoms with Crippen molar-refractivity contribution in [1.82, 2.24) is 10.6 Å². The Kier molecular flexibility index (Phi) is 6.35. The molecule has 3 N–H and O–H groups in total. The molecule has 34 heavy (non-hydrogen) atoms. The minimum Gasteiger partial charge on any atom is -0.480 e. The van der Waals surface area contributed by atoms with Gasteiger partial charge in [0.25, 0.3) is 0 Å². The van der Waals surface area contributed by atoms with Crippen LogP contribution in [0.25, 0.3) is 11.1 Å². The van der Waals surface area contributed by atoms with Crippen molar-refractivity contribution in [3.8, 4) is 11.1 Å². The van der Waals surface area contributed by atoms with Crippen molar-refractivity contribution in [3.63, 3.8) is 0 Å². The lowest BCUT2D eigenvalue weighted by atomic mass is 9.98. The van der Waals surface area contributed by atoms with Gasteiger partial charge in [0.05, 0.1) is 5.75 Å². The number of sulfone groups is 1. The highest BCUT2D eigenvalue weighted by Crippen LogP contribution is 2.44. The van der Waals surface area contributed by atoms with Crippen LogP contribution in [0.4, 0.5) is 4.79 Å². The van der Waals surface area contributed by atoms with Gasteiger partial charge in [0.1, 0.15) is 28.0 Å². The number of fused-ring (bicyclic) bond motifs is 3. The number of carboxylic acid groups (broad SMARTS) is 1. The summed E-state index contributed by atoms with van der Waals surface area (Å²) >= 11 is 0. The molecule has 0 aromatic heterocycles. The van der Waals surface area contributed by atoms with Gasteiger partial charge in [-0.3, -0.25) is 4.79 Å². The molecule has 1 unspecified atom stereocenters. The van der Waals surface area contributed by atoms with E-state index in [0.717, 1.165) is 28.5 Å². The van der Waals surface area contributed by atoms with Crippen molar-refractivity contribution >= 4 is 27.8 Å². The molecule has 2 aromatic rings. The second-order valence-corrected chi connectivity index (χ2v) is 11.1. The normalized spacial score (nSPS) is 16.6. The fourth-order valence-electron chi connectivity index (χ4n) is 4.22. The number of hydrogen-bond acceptors (Lipinski definition) is 6. The average molecular weight is 487 g/mol. The number of amides is 2. The third-order valence-corrected chi connectivity index (χ3v) is 7.23. The van der Waals surface area contributed by atoms with E-state index in [0.29, 0.717) is 0 Å². The maximum atomic E-state index is 12.7. The molecule has 0 saturated heterocycles. The number of alkyl carbamates (subject to hydrolysis) is 1. The van der Waals surface area contributed by atoms with E-state index >= 15 is 0 Å². The molecule has 0 spiro atoms. The van der Waals surface area contributed by atoms with Crippen LogP contribution < -0.4 is 10.6 Å². The van der Waals surface area contributed by atoms with Crippen LogP contribution in [0.2, 0.25) is 0 Å². The van der Waals surface area contributed by atoms with Crippen LogP contribution in [0, 0.1) is 0 Å². The predicted molar refractivity (Wildman–Crippen MR) is 124 cm³/mol. The molecule has 2 aliphatic carbocycles. The largest absolute Gasteiger partial charge is 0.480 e. The second-order valence-electron chi connectivity index (χ2n) is 8.82. The molecule has 4 rings (SSSR count). The van der Waals surface area contributed by atoms with Crippen LogP contribution in [-0.2, 0) is 24.2 Å². The fourth-order valence-corrected chi connectivity index (χ4v) is 4.89. The summed E-state index contributed by atoms with van der Waals surface area (Å²) in [6.45, 7) is 0.0271. The molecule has 0 heterocycles. The molecule has 1 atom stereocenters. The van der Waals surface area contributed by atoms with Crippen LogP contribution in [0.15, 0.2) is 48.5 Å². The molecule has 1 saturated carbocycles. The average Bonchev–Trinajstić information content (AvgIpc) is 3.50. The number of carboxylic acids is 1. The van der Waals surface area contributed by atoms with Crippen LogP contribution in [0.5, 0.6) is 0 Å². The second kappa shape index (κ2) is 9.09. The van der Waals surface area contributed by atoms with Crippen molar-refractivity contribution in [2.75, 3.05) is 18.6 Å². The van der Waals surface area contributed by atoms with E-state index in [4.69, 9.17) is 4.74 Å². The van der Waals surface area contributed by atoms with Gasteiger partial charge in [0, 0.05) is 12.2 Å². The zero-order valence-electron chi connectivity index (χ0n) is 18.6. The lowest BCUT2D eigenvalue weighted by molar-refractivity contribution is -0.143. The molecule has 2 amide bonds. The van der Waals surface area contributed by atoms with E-state index in [2.05, 4.69) is 10.6 Å². The topological polar surface area (TPSA) is 139 Å². The Morgan fingerprint density at radius 2 is 1.62 bits per heavy atom. The van der Waals surface area contributed by atoms with E-state index in [1.165, 1.54) is 0 Å². The monoisotopic (exact) mass is 486 g/mol. The Morgan fingerprint density at radius 1 is 1.06 bits per heavy atom. The Bertz CT molecular complexity index is 1190. The third-order valence-electron chi connectivity index (χ3n) is 6.25. The highest BCUT2D eigenvalue weighted by atomic mass is 32.2. The van der Waals surface area contributed by atoms with Gasteiger partial charge in [0.2, 0.25) is 5.91 Å². The smallest absolute Gasteiger partial charge is 0.407 e. The summed E-state index contributed by atoms with van der Waals surface area (Å²) in [6, 6.07) is 14.4. The number of nitrogens with one attached hydrogen (secondary N) is 2. The number of hydrogen-bond donors (Lipinski definition) is 3. The molecule has 10 heteroatoms. The Labute approximate surface area is 197 Å². The molecule has 2 aromatic carbocycles. The summed E-state index contributed by atoms with van der Waals surface area (Å²) in [5.74, 6) is -2.45. The molecule has 0 radical (unpaired) electrons. The Hall–Kier alpha value is -3.40. The maximum absolute atomic E-state index is 12.7. The van der Waals surface area contributed by atoms with Crippen LogP contribution in [-0.4, -0.2) is 61.7 Å². The van der Waals surface area contributed by atoms with E-state index in [-0.39, 0.29) is 37.5 Å². The summed E-state index contributed by atoms with van der Waals surface area (Å²) in [6.07, 6.45) is 0.491. The van der Waals surface area contributed by atoms with Crippen molar-refractivity contribution < 1.29 is 32.6 Å². The molecular weight excluding hydrogens is 460 g/mol. The molecule has 1 fully saturated rings. The van der Waals surface area contributed by atoms with Gasteiger partial charge in [-0.05, 0) is 41.5 Å². The predicted octanol–water partition coefficient (Wildman–Crippen LogP) is 2.06. The first kappa shape index (κ1) is 23.7. The van der Waals surface area contributed by atoms with Crippen LogP contribution in [0.3, 0.4) is 0 Å². The minimum atomic E-state index is -3.41. The number of aliphatic carboxylic acids is 1. The Morgan fingerprint density at radius 3 is 2.12 bits per heavy atom. The lowest BCUT2D eigenvalue weighted by Gasteiger charge is -2.21. The van der Waals surface area contributed by atoms with Crippen molar-refractivity contribution in [2.45, 2.75) is 36.8 Å². The molecule has 180 valence electrons. The van der Waals surface area contributed by atoms with Gasteiger partial charge in [-0.2, -0.15) is 0 Å². The SMILES string of the molecule is CS(=O)(=O)CCC(NC(=O)OCC1c2ccccc2-c2ccccc21)C(=O)NC1(C(=O)O)CC1. The standard InChI is InChI=1S/C24H26N2O7S/c1-34(31,32)13-10-20(21(27)26-24(11-12-24)22(28)29)25-23(30)33-14-19-17-8-4-2-6-15(17)16-7-3-5-9-18(16)19/h2-9,19-20H,10-14H2,1H3,(H,25,30)(H,26,27)(H,28,29). The van der Waals surface area contributed by atoms with E-state index < -0.39 is 39.4 Å². The van der Waals surface area contributed by atoms with Crippen molar-refractivity contribution in [3.05, 3.63) is 59.7 Å². The fraction of sp³-hybridized carbons (Fsp3) is 0.375. The highest BCUT2D eigenvalue weighted by molar-refractivity contribution is 7.90. The highest BCUT2D eigenvalue weighted by Gasteiger charge is 2.52. The summed E-state index contributed by atoms with van der Waals surface area (Å²) in [4.78, 5) is 36.7. The van der Waals surface area contributed by atoms with Gasteiger partial charge >= 0.3 is 12.1 Å². The first-order valence-electron chi connectivity index (χ1n) is 10.9. The zero-order chi connectivity index (χ0) is 24.5. The van der Waals surface area contributed by atoms with E-state index in [1.54, 1.807) is 0 Å². The summed E-state index contributed by atoms with van der Waals surface area (Å²) in [7, 11) is -3.41. The summed E-state index contributed by atoms with van der Waals surface area (Å²) < 4.78 is 28.7. The van der Waals surface area contributed by atoms with E-state index in [1.807, 2.05) is 48.5 Å². The maximum Gasteiger partial charge on any atom is 0.407 e. The quantitative estimate of drug-likeness (QED) is 0.493.